The monoisotopic (exact) mass is 433 g/mol. The van der Waals surface area contributed by atoms with Crippen LogP contribution in [0.4, 0.5) is 0 Å². The minimum atomic E-state index is -0.989. The molecule has 0 radical (unpaired) electrons. The van der Waals surface area contributed by atoms with Gasteiger partial charge in [-0.3, -0.25) is 0 Å². The third-order valence-corrected chi connectivity index (χ3v) is 5.09. The highest BCUT2D eigenvalue weighted by Gasteiger charge is 2.23. The van der Waals surface area contributed by atoms with Crippen molar-refractivity contribution in [2.45, 2.75) is 18.4 Å². The van der Waals surface area contributed by atoms with Crippen molar-refractivity contribution in [1.29, 1.82) is 0 Å². The third kappa shape index (κ3) is 6.20. The van der Waals surface area contributed by atoms with Crippen molar-refractivity contribution < 1.29 is 14.9 Å². The van der Waals surface area contributed by atoms with Gasteiger partial charge in [0.1, 0.15) is 11.5 Å². The van der Waals surface area contributed by atoms with E-state index in [2.05, 4.69) is 0 Å². The number of aryl methyl sites for hydroxylation is 1. The number of nitrogens with two attached hydrogens (primary N) is 1. The Balaban J connectivity index is 0.00000300. The second kappa shape index (κ2) is 10.6. The van der Waals surface area contributed by atoms with E-state index in [-0.39, 0.29) is 25.6 Å². The third-order valence-electron chi connectivity index (χ3n) is 4.74. The number of rotatable bonds is 8. The lowest BCUT2D eigenvalue weighted by molar-refractivity contribution is 0.115. The molecule has 0 spiro atoms. The Morgan fingerprint density at radius 3 is 2.00 bits per heavy atom. The molecule has 4 N–H and O–H groups in total. The van der Waals surface area contributed by atoms with Gasteiger partial charge in [-0.2, -0.15) is 0 Å². The number of halogens is 2. The minimum absolute atomic E-state index is 0. The molecular formula is C23H25Cl2NO3. The summed E-state index contributed by atoms with van der Waals surface area (Å²) in [5, 5.41) is 19.3. The van der Waals surface area contributed by atoms with Crippen LogP contribution >= 0.6 is 24.0 Å². The van der Waals surface area contributed by atoms with E-state index in [1.165, 1.54) is 0 Å². The Morgan fingerprint density at radius 2 is 1.41 bits per heavy atom. The smallest absolute Gasteiger partial charge is 0.127 e. The maximum atomic E-state index is 9.31. The molecule has 29 heavy (non-hydrogen) atoms. The van der Waals surface area contributed by atoms with E-state index in [0.29, 0.717) is 17.9 Å². The molecule has 3 aromatic rings. The highest BCUT2D eigenvalue weighted by molar-refractivity contribution is 6.31. The van der Waals surface area contributed by atoms with Gasteiger partial charge < -0.3 is 20.7 Å². The van der Waals surface area contributed by atoms with Crippen LogP contribution in [-0.4, -0.2) is 29.0 Å². The van der Waals surface area contributed by atoms with Gasteiger partial charge in [0.2, 0.25) is 0 Å². The lowest BCUT2D eigenvalue weighted by Crippen LogP contribution is -2.47. The molecule has 0 atom stereocenters. The topological polar surface area (TPSA) is 75.7 Å². The molecule has 154 valence electrons. The molecule has 0 aliphatic carbocycles. The number of aliphatic hydroxyl groups excluding tert-OH is 2. The fourth-order valence-corrected chi connectivity index (χ4v) is 3.14. The first-order valence-corrected chi connectivity index (χ1v) is 9.53. The number of benzene rings is 3. The number of hydrogen-bond donors (Lipinski definition) is 3. The maximum Gasteiger partial charge on any atom is 0.127 e. The van der Waals surface area contributed by atoms with E-state index in [9.17, 15) is 10.2 Å². The van der Waals surface area contributed by atoms with E-state index in [0.717, 1.165) is 28.2 Å². The molecule has 3 aromatic carbocycles. The SMILES string of the molecule is Cl.NC(CO)(CO)CCc1ccc(-c2ccc(Oc3ccccc3)cc2)cc1Cl. The summed E-state index contributed by atoms with van der Waals surface area (Å²) in [5.41, 5.74) is 7.91. The van der Waals surface area contributed by atoms with Gasteiger partial charge in [0.05, 0.1) is 18.8 Å². The normalized spacial score (nSPS) is 11.0. The van der Waals surface area contributed by atoms with Gasteiger partial charge in [-0.25, -0.2) is 0 Å². The van der Waals surface area contributed by atoms with Crippen LogP contribution in [0.15, 0.2) is 72.8 Å². The molecule has 0 fully saturated rings. The Kier molecular flexibility index (Phi) is 8.50. The van der Waals surface area contributed by atoms with Crippen LogP contribution in [0.1, 0.15) is 12.0 Å². The van der Waals surface area contributed by atoms with Crippen molar-refractivity contribution in [3.63, 3.8) is 0 Å². The van der Waals surface area contributed by atoms with Gasteiger partial charge in [-0.1, -0.05) is 54.1 Å². The number of para-hydroxylation sites is 1. The average molecular weight is 434 g/mol. The summed E-state index contributed by atoms with van der Waals surface area (Å²) in [7, 11) is 0. The Labute approximate surface area is 182 Å². The van der Waals surface area contributed by atoms with Crippen molar-refractivity contribution in [3.8, 4) is 22.6 Å². The minimum Gasteiger partial charge on any atom is -0.457 e. The van der Waals surface area contributed by atoms with Gasteiger partial charge in [0.25, 0.3) is 0 Å². The van der Waals surface area contributed by atoms with Crippen molar-refractivity contribution in [2.75, 3.05) is 13.2 Å². The molecule has 6 heteroatoms. The lowest BCUT2D eigenvalue weighted by atomic mass is 9.93. The standard InChI is InChI=1S/C23H24ClNO3.ClH/c24-22-14-19(7-6-18(22)12-13-23(25,15-26)16-27)17-8-10-21(11-9-17)28-20-4-2-1-3-5-20;/h1-11,14,26-27H,12-13,15-16,25H2;1H. The van der Waals surface area contributed by atoms with Gasteiger partial charge >= 0.3 is 0 Å². The van der Waals surface area contributed by atoms with Crippen LogP contribution in [0.3, 0.4) is 0 Å². The number of hydrogen-bond acceptors (Lipinski definition) is 4. The van der Waals surface area contributed by atoms with E-state index < -0.39 is 5.54 Å². The fourth-order valence-electron chi connectivity index (χ4n) is 2.86. The summed E-state index contributed by atoms with van der Waals surface area (Å²) in [4.78, 5) is 0. The van der Waals surface area contributed by atoms with Gasteiger partial charge in [-0.15, -0.1) is 12.4 Å². The lowest BCUT2D eigenvalue weighted by Gasteiger charge is -2.24. The summed E-state index contributed by atoms with van der Waals surface area (Å²) >= 11 is 6.44. The second-order valence-corrected chi connectivity index (χ2v) is 7.33. The predicted molar refractivity (Wildman–Crippen MR) is 120 cm³/mol. The van der Waals surface area contributed by atoms with Crippen LogP contribution < -0.4 is 10.5 Å². The summed E-state index contributed by atoms with van der Waals surface area (Å²) in [6.45, 7) is -0.535. The van der Waals surface area contributed by atoms with Crippen molar-refractivity contribution in [1.82, 2.24) is 0 Å². The zero-order valence-electron chi connectivity index (χ0n) is 15.9. The summed E-state index contributed by atoms with van der Waals surface area (Å²) in [6, 6.07) is 23.4. The first kappa shape index (κ1) is 23.2. The first-order chi connectivity index (χ1) is 13.5. The average Bonchev–Trinajstić information content (AvgIpc) is 2.74. The van der Waals surface area contributed by atoms with Crippen molar-refractivity contribution in [3.05, 3.63) is 83.4 Å². The van der Waals surface area contributed by atoms with Crippen LogP contribution in [0.2, 0.25) is 5.02 Å². The van der Waals surface area contributed by atoms with Crippen LogP contribution in [0.25, 0.3) is 11.1 Å². The largest absolute Gasteiger partial charge is 0.457 e. The number of ether oxygens (including phenoxy) is 1. The molecule has 0 amide bonds. The molecule has 0 unspecified atom stereocenters. The second-order valence-electron chi connectivity index (χ2n) is 6.92. The Morgan fingerprint density at radius 1 is 0.828 bits per heavy atom. The van der Waals surface area contributed by atoms with Crippen LogP contribution in [0, 0.1) is 0 Å². The van der Waals surface area contributed by atoms with Crippen molar-refractivity contribution >= 4 is 24.0 Å². The molecule has 0 aromatic heterocycles. The molecule has 0 aliphatic heterocycles. The maximum absolute atomic E-state index is 9.31. The van der Waals surface area contributed by atoms with Gasteiger partial charge in [0.15, 0.2) is 0 Å². The Hall–Kier alpha value is -2.08. The Bertz CT molecular complexity index is 898. The molecule has 0 saturated carbocycles. The van der Waals surface area contributed by atoms with Crippen LogP contribution in [-0.2, 0) is 6.42 Å². The van der Waals surface area contributed by atoms with Crippen molar-refractivity contribution in [2.24, 2.45) is 5.73 Å². The fraction of sp³-hybridized carbons (Fsp3) is 0.217. The molecule has 0 aliphatic rings. The quantitative estimate of drug-likeness (QED) is 0.475. The number of aliphatic hydroxyl groups is 2. The van der Waals surface area contributed by atoms with E-state index in [1.807, 2.05) is 72.8 Å². The summed E-state index contributed by atoms with van der Waals surface area (Å²) in [6.07, 6.45) is 1.03. The summed E-state index contributed by atoms with van der Waals surface area (Å²) in [5.74, 6) is 1.56. The molecule has 3 rings (SSSR count). The molecule has 0 bridgehead atoms. The van der Waals surface area contributed by atoms with E-state index in [4.69, 9.17) is 22.1 Å². The highest BCUT2D eigenvalue weighted by atomic mass is 35.5. The highest BCUT2D eigenvalue weighted by Crippen LogP contribution is 2.29. The van der Waals surface area contributed by atoms with Gasteiger partial charge in [-0.05, 0) is 59.9 Å². The van der Waals surface area contributed by atoms with Crippen LogP contribution in [0.5, 0.6) is 11.5 Å². The van der Waals surface area contributed by atoms with E-state index >= 15 is 0 Å². The molecule has 4 nitrogen and oxygen atoms in total. The summed E-state index contributed by atoms with van der Waals surface area (Å²) < 4.78 is 5.82. The zero-order valence-corrected chi connectivity index (χ0v) is 17.5. The first-order valence-electron chi connectivity index (χ1n) is 9.15. The van der Waals surface area contributed by atoms with Gasteiger partial charge in [0, 0.05) is 5.02 Å². The molecular weight excluding hydrogens is 409 g/mol. The zero-order chi connectivity index (χ0) is 20.0. The predicted octanol–water partition coefficient (Wildman–Crippen LogP) is 4.84. The molecule has 0 heterocycles. The molecule has 0 saturated heterocycles. The van der Waals surface area contributed by atoms with E-state index in [1.54, 1.807) is 0 Å².